The van der Waals surface area contributed by atoms with Crippen molar-refractivity contribution in [3.8, 4) is 0 Å². The van der Waals surface area contributed by atoms with E-state index in [0.29, 0.717) is 0 Å². The largest absolute Gasteiger partial charge is 0.476 e. The molecular weight excluding hydrogens is 312 g/mol. The van der Waals surface area contributed by atoms with Crippen molar-refractivity contribution in [2.75, 3.05) is 6.54 Å². The fraction of sp³-hybridized carbons (Fsp3) is 0.231. The Morgan fingerprint density at radius 2 is 2.05 bits per heavy atom. The second-order valence-corrected chi connectivity index (χ2v) is 7.27. The maximum Gasteiger partial charge on any atom is 0.356 e. The monoisotopic (exact) mass is 326 g/mol. The van der Waals surface area contributed by atoms with Gasteiger partial charge in [-0.3, -0.25) is 0 Å². The van der Waals surface area contributed by atoms with Gasteiger partial charge in [-0.05, 0) is 11.5 Å². The summed E-state index contributed by atoms with van der Waals surface area (Å²) in [5.74, 6) is -1.38. The summed E-state index contributed by atoms with van der Waals surface area (Å²) in [4.78, 5) is 14.5. The van der Waals surface area contributed by atoms with Gasteiger partial charge in [0.2, 0.25) is 0 Å². The number of benzene rings is 1. The lowest BCUT2D eigenvalue weighted by Crippen LogP contribution is -2.28. The molecule has 0 bridgehead atoms. The molecule has 0 saturated carbocycles. The lowest BCUT2D eigenvalue weighted by Gasteiger charge is -2.12. The van der Waals surface area contributed by atoms with Gasteiger partial charge in [0, 0.05) is 6.54 Å². The van der Waals surface area contributed by atoms with Gasteiger partial charge in [0.25, 0.3) is 10.0 Å². The molecule has 0 aliphatic rings. The molecule has 1 atom stereocenters. The summed E-state index contributed by atoms with van der Waals surface area (Å²) in [6, 6.07) is 9.47. The molecule has 0 aliphatic heterocycles. The fourth-order valence-electron chi connectivity index (χ4n) is 1.77. The maximum atomic E-state index is 12.2. The van der Waals surface area contributed by atoms with Crippen LogP contribution in [-0.4, -0.2) is 31.0 Å². The molecule has 0 fully saturated rings. The molecule has 0 amide bonds. The second-order valence-electron chi connectivity index (χ2n) is 4.46. The number of thiazole rings is 1. The first-order valence-corrected chi connectivity index (χ1v) is 8.49. The van der Waals surface area contributed by atoms with Crippen molar-refractivity contribution in [1.82, 2.24) is 9.71 Å². The highest BCUT2D eigenvalue weighted by molar-refractivity contribution is 7.91. The zero-order valence-corrected chi connectivity index (χ0v) is 12.8. The van der Waals surface area contributed by atoms with Crippen molar-refractivity contribution >= 4 is 27.3 Å². The van der Waals surface area contributed by atoms with Crippen LogP contribution in [0, 0.1) is 0 Å². The third-order valence-electron chi connectivity index (χ3n) is 2.93. The molecule has 1 aromatic heterocycles. The number of nitrogens with zero attached hydrogens (tertiary/aromatic N) is 1. The smallest absolute Gasteiger partial charge is 0.356 e. The highest BCUT2D eigenvalue weighted by atomic mass is 32.2. The molecule has 2 N–H and O–H groups in total. The number of rotatable bonds is 6. The summed E-state index contributed by atoms with van der Waals surface area (Å²) < 4.78 is 26.5. The average molecular weight is 326 g/mol. The van der Waals surface area contributed by atoms with E-state index in [2.05, 4.69) is 9.71 Å². The Bertz CT molecular complexity index is 726. The van der Waals surface area contributed by atoms with Crippen LogP contribution >= 0.6 is 11.3 Å². The van der Waals surface area contributed by atoms with E-state index in [1.165, 1.54) is 5.51 Å². The van der Waals surface area contributed by atoms with E-state index < -0.39 is 21.7 Å². The highest BCUT2D eigenvalue weighted by Gasteiger charge is 2.25. The van der Waals surface area contributed by atoms with Gasteiger partial charge in [0.05, 0.1) is 5.51 Å². The van der Waals surface area contributed by atoms with Gasteiger partial charge in [-0.15, -0.1) is 11.3 Å². The number of aromatic nitrogens is 1. The molecule has 2 rings (SSSR count). The number of carbonyl (C=O) groups is 1. The zero-order chi connectivity index (χ0) is 15.5. The van der Waals surface area contributed by atoms with Crippen molar-refractivity contribution in [1.29, 1.82) is 0 Å². The summed E-state index contributed by atoms with van der Waals surface area (Å²) in [6.07, 6.45) is 0. The third kappa shape index (κ3) is 3.66. The predicted octanol–water partition coefficient (Wildman–Crippen LogP) is 1.92. The maximum absolute atomic E-state index is 12.2. The quantitative estimate of drug-likeness (QED) is 0.845. The topological polar surface area (TPSA) is 96.4 Å². The van der Waals surface area contributed by atoms with E-state index in [0.717, 1.165) is 16.9 Å². The number of nitrogens with one attached hydrogen (secondary N) is 1. The summed E-state index contributed by atoms with van der Waals surface area (Å²) >= 11 is 0.790. The number of sulfonamides is 1. The van der Waals surface area contributed by atoms with Crippen LogP contribution in [0.2, 0.25) is 0 Å². The van der Waals surface area contributed by atoms with Crippen LogP contribution in [0.1, 0.15) is 28.9 Å². The summed E-state index contributed by atoms with van der Waals surface area (Å²) in [5, 5.41) is 8.93. The molecule has 0 aliphatic carbocycles. The van der Waals surface area contributed by atoms with Gasteiger partial charge in [0.1, 0.15) is 0 Å². The van der Waals surface area contributed by atoms with Gasteiger partial charge in [0.15, 0.2) is 9.90 Å². The van der Waals surface area contributed by atoms with Crippen LogP contribution in [0.3, 0.4) is 0 Å². The Kier molecular flexibility index (Phi) is 4.71. The molecule has 1 heterocycles. The number of hydrogen-bond acceptors (Lipinski definition) is 5. The Morgan fingerprint density at radius 3 is 2.67 bits per heavy atom. The van der Waals surface area contributed by atoms with Gasteiger partial charge in [-0.2, -0.15) is 0 Å². The van der Waals surface area contributed by atoms with Crippen LogP contribution in [0.25, 0.3) is 0 Å². The van der Waals surface area contributed by atoms with Crippen molar-refractivity contribution < 1.29 is 18.3 Å². The SMILES string of the molecule is CC(CNS(=O)(=O)c1scnc1C(=O)O)c1ccccc1. The summed E-state index contributed by atoms with van der Waals surface area (Å²) in [5.41, 5.74) is 1.77. The molecule has 112 valence electrons. The van der Waals surface area contributed by atoms with E-state index in [4.69, 9.17) is 5.11 Å². The Hall–Kier alpha value is -1.77. The van der Waals surface area contributed by atoms with Crippen LogP contribution in [-0.2, 0) is 10.0 Å². The normalized spacial score (nSPS) is 13.0. The van der Waals surface area contributed by atoms with Crippen LogP contribution in [0.5, 0.6) is 0 Å². The summed E-state index contributed by atoms with van der Waals surface area (Å²) in [6.45, 7) is 2.08. The number of hydrogen-bond donors (Lipinski definition) is 2. The Balaban J connectivity index is 2.12. The van der Waals surface area contributed by atoms with Crippen LogP contribution in [0.15, 0.2) is 40.1 Å². The predicted molar refractivity (Wildman–Crippen MR) is 79.1 cm³/mol. The van der Waals surface area contributed by atoms with Gasteiger partial charge >= 0.3 is 5.97 Å². The van der Waals surface area contributed by atoms with E-state index in [1.807, 2.05) is 37.3 Å². The molecule has 6 nitrogen and oxygen atoms in total. The first-order chi connectivity index (χ1) is 9.92. The summed E-state index contributed by atoms with van der Waals surface area (Å²) in [7, 11) is -3.87. The first-order valence-electron chi connectivity index (χ1n) is 6.13. The molecule has 8 heteroatoms. The van der Waals surface area contributed by atoms with E-state index in [9.17, 15) is 13.2 Å². The molecule has 0 saturated heterocycles. The minimum Gasteiger partial charge on any atom is -0.476 e. The molecule has 1 unspecified atom stereocenters. The second kappa shape index (κ2) is 6.33. The molecule has 0 radical (unpaired) electrons. The van der Waals surface area contributed by atoms with Crippen molar-refractivity contribution in [2.24, 2.45) is 0 Å². The Morgan fingerprint density at radius 1 is 1.38 bits per heavy atom. The lowest BCUT2D eigenvalue weighted by atomic mass is 10.0. The molecule has 21 heavy (non-hydrogen) atoms. The number of aromatic carboxylic acids is 1. The Labute approximate surface area is 126 Å². The van der Waals surface area contributed by atoms with E-state index >= 15 is 0 Å². The van der Waals surface area contributed by atoms with Gasteiger partial charge in [-0.25, -0.2) is 22.9 Å². The average Bonchev–Trinajstić information content (AvgIpc) is 2.96. The number of carboxylic acids is 1. The standard InChI is InChI=1S/C13H14N2O4S2/c1-9(10-5-3-2-4-6-10)7-15-21(18,19)13-11(12(16)17)14-8-20-13/h2-6,8-9,15H,7H2,1H3,(H,16,17). The van der Waals surface area contributed by atoms with Crippen molar-refractivity contribution in [2.45, 2.75) is 17.1 Å². The van der Waals surface area contributed by atoms with Crippen molar-refractivity contribution in [3.05, 3.63) is 47.1 Å². The minimum atomic E-state index is -3.87. The highest BCUT2D eigenvalue weighted by Crippen LogP contribution is 2.21. The molecule has 0 spiro atoms. The van der Waals surface area contributed by atoms with Crippen LogP contribution in [0.4, 0.5) is 0 Å². The molecular formula is C13H14N2O4S2. The fourth-order valence-corrected chi connectivity index (χ4v) is 4.08. The third-order valence-corrected chi connectivity index (χ3v) is 5.72. The zero-order valence-electron chi connectivity index (χ0n) is 11.2. The van der Waals surface area contributed by atoms with E-state index in [1.54, 1.807) is 0 Å². The molecule has 2 aromatic rings. The van der Waals surface area contributed by atoms with Crippen molar-refractivity contribution in [3.63, 3.8) is 0 Å². The van der Waals surface area contributed by atoms with Crippen LogP contribution < -0.4 is 4.72 Å². The minimum absolute atomic E-state index is 0.0258. The van der Waals surface area contributed by atoms with E-state index in [-0.39, 0.29) is 16.7 Å². The van der Waals surface area contributed by atoms with Gasteiger partial charge in [-0.1, -0.05) is 37.3 Å². The molecule has 1 aromatic carbocycles. The van der Waals surface area contributed by atoms with Gasteiger partial charge < -0.3 is 5.11 Å². The number of carboxylic acid groups (broad SMARTS) is 1. The first kappa shape index (κ1) is 15.6. The lowest BCUT2D eigenvalue weighted by molar-refractivity contribution is 0.0687.